The van der Waals surface area contributed by atoms with Gasteiger partial charge in [0.2, 0.25) is 0 Å². The zero-order chi connectivity index (χ0) is 13.7. The van der Waals surface area contributed by atoms with Gasteiger partial charge in [-0.15, -0.1) is 0 Å². The Morgan fingerprint density at radius 3 is 2.84 bits per heavy atom. The van der Waals surface area contributed by atoms with Crippen LogP contribution in [0.4, 0.5) is 14.5 Å². The van der Waals surface area contributed by atoms with Gasteiger partial charge in [0.1, 0.15) is 5.75 Å². The molecule has 1 aromatic rings. The van der Waals surface area contributed by atoms with Gasteiger partial charge in [0.25, 0.3) is 0 Å². The SMILES string of the molecule is FC(F)Oc1ccc(NCC2CC=CCC2)cc1Cl. The molecule has 1 unspecified atom stereocenters. The van der Waals surface area contributed by atoms with Gasteiger partial charge < -0.3 is 10.1 Å². The summed E-state index contributed by atoms with van der Waals surface area (Å²) in [4.78, 5) is 0. The van der Waals surface area contributed by atoms with E-state index < -0.39 is 6.61 Å². The number of anilines is 1. The van der Waals surface area contributed by atoms with Crippen molar-refractivity contribution in [2.24, 2.45) is 5.92 Å². The molecule has 19 heavy (non-hydrogen) atoms. The molecular weight excluding hydrogens is 272 g/mol. The molecular formula is C14H16ClF2NO. The highest BCUT2D eigenvalue weighted by molar-refractivity contribution is 6.32. The number of benzene rings is 1. The van der Waals surface area contributed by atoms with E-state index in [0.717, 1.165) is 25.1 Å². The summed E-state index contributed by atoms with van der Waals surface area (Å²) in [5.41, 5.74) is 0.821. The van der Waals surface area contributed by atoms with Crippen LogP contribution in [0.25, 0.3) is 0 Å². The van der Waals surface area contributed by atoms with E-state index in [4.69, 9.17) is 11.6 Å². The normalized spacial score (nSPS) is 18.6. The van der Waals surface area contributed by atoms with E-state index in [2.05, 4.69) is 22.2 Å². The number of hydrogen-bond acceptors (Lipinski definition) is 2. The van der Waals surface area contributed by atoms with Crippen LogP contribution < -0.4 is 10.1 Å². The molecule has 104 valence electrons. The summed E-state index contributed by atoms with van der Waals surface area (Å²) in [6.45, 7) is -2.00. The van der Waals surface area contributed by atoms with Gasteiger partial charge in [-0.2, -0.15) is 8.78 Å². The van der Waals surface area contributed by atoms with Gasteiger partial charge in [-0.25, -0.2) is 0 Å². The molecule has 0 aliphatic heterocycles. The maximum atomic E-state index is 12.1. The van der Waals surface area contributed by atoms with Gasteiger partial charge in [0.15, 0.2) is 0 Å². The van der Waals surface area contributed by atoms with Crippen molar-refractivity contribution in [3.63, 3.8) is 0 Å². The van der Waals surface area contributed by atoms with Crippen LogP contribution in [-0.4, -0.2) is 13.2 Å². The van der Waals surface area contributed by atoms with E-state index in [1.54, 1.807) is 12.1 Å². The van der Waals surface area contributed by atoms with Crippen molar-refractivity contribution in [2.75, 3.05) is 11.9 Å². The Morgan fingerprint density at radius 1 is 1.37 bits per heavy atom. The lowest BCUT2D eigenvalue weighted by molar-refractivity contribution is -0.0497. The zero-order valence-electron chi connectivity index (χ0n) is 10.4. The number of rotatable bonds is 5. The van der Waals surface area contributed by atoms with Crippen LogP contribution in [-0.2, 0) is 0 Å². The predicted molar refractivity (Wildman–Crippen MR) is 73.1 cm³/mol. The molecule has 1 aliphatic rings. The molecule has 0 amide bonds. The van der Waals surface area contributed by atoms with E-state index in [9.17, 15) is 8.78 Å². The molecule has 2 nitrogen and oxygen atoms in total. The molecule has 1 atom stereocenters. The third-order valence-corrected chi connectivity index (χ3v) is 3.42. The average molecular weight is 288 g/mol. The summed E-state index contributed by atoms with van der Waals surface area (Å²) in [6, 6.07) is 4.76. The topological polar surface area (TPSA) is 21.3 Å². The molecule has 0 radical (unpaired) electrons. The zero-order valence-corrected chi connectivity index (χ0v) is 11.2. The van der Waals surface area contributed by atoms with Crippen molar-refractivity contribution in [2.45, 2.75) is 25.9 Å². The molecule has 5 heteroatoms. The highest BCUT2D eigenvalue weighted by atomic mass is 35.5. The van der Waals surface area contributed by atoms with Crippen molar-refractivity contribution in [3.8, 4) is 5.75 Å². The molecule has 1 N–H and O–H groups in total. The third-order valence-electron chi connectivity index (χ3n) is 3.12. The summed E-state index contributed by atoms with van der Waals surface area (Å²) in [6.07, 6.45) is 7.76. The number of nitrogens with one attached hydrogen (secondary N) is 1. The van der Waals surface area contributed by atoms with Crippen LogP contribution >= 0.6 is 11.6 Å². The largest absolute Gasteiger partial charge is 0.433 e. The number of ether oxygens (including phenoxy) is 1. The van der Waals surface area contributed by atoms with Crippen molar-refractivity contribution in [1.29, 1.82) is 0 Å². The Hall–Kier alpha value is -1.29. The quantitative estimate of drug-likeness (QED) is 0.792. The van der Waals surface area contributed by atoms with E-state index in [0.29, 0.717) is 5.92 Å². The second-order valence-electron chi connectivity index (χ2n) is 4.56. The van der Waals surface area contributed by atoms with Gasteiger partial charge >= 0.3 is 6.61 Å². The lowest BCUT2D eigenvalue weighted by atomic mass is 9.94. The lowest BCUT2D eigenvalue weighted by Gasteiger charge is -2.19. The first-order valence-corrected chi connectivity index (χ1v) is 6.66. The highest BCUT2D eigenvalue weighted by Crippen LogP contribution is 2.29. The Bertz CT molecular complexity index is 451. The fraction of sp³-hybridized carbons (Fsp3) is 0.429. The molecule has 0 saturated carbocycles. The smallest absolute Gasteiger partial charge is 0.387 e. The molecule has 2 rings (SSSR count). The maximum Gasteiger partial charge on any atom is 0.387 e. The minimum atomic E-state index is -2.86. The van der Waals surface area contributed by atoms with Crippen LogP contribution in [0.2, 0.25) is 5.02 Å². The lowest BCUT2D eigenvalue weighted by Crippen LogP contribution is -2.15. The number of hydrogen-bond donors (Lipinski definition) is 1. The second-order valence-corrected chi connectivity index (χ2v) is 4.96. The third kappa shape index (κ3) is 4.39. The van der Waals surface area contributed by atoms with Gasteiger partial charge in [-0.3, -0.25) is 0 Å². The Balaban J connectivity index is 1.90. The molecule has 1 aromatic carbocycles. The molecule has 0 saturated heterocycles. The minimum absolute atomic E-state index is 0.00261. The van der Waals surface area contributed by atoms with Gasteiger partial charge in [0, 0.05) is 12.2 Å². The van der Waals surface area contributed by atoms with Crippen LogP contribution in [0.5, 0.6) is 5.75 Å². The van der Waals surface area contributed by atoms with Crippen molar-refractivity contribution in [1.82, 2.24) is 0 Å². The minimum Gasteiger partial charge on any atom is -0.433 e. The van der Waals surface area contributed by atoms with Crippen LogP contribution in [0, 0.1) is 5.92 Å². The highest BCUT2D eigenvalue weighted by Gasteiger charge is 2.11. The van der Waals surface area contributed by atoms with Crippen molar-refractivity contribution < 1.29 is 13.5 Å². The molecule has 1 aliphatic carbocycles. The van der Waals surface area contributed by atoms with E-state index in [1.807, 2.05) is 0 Å². The van der Waals surface area contributed by atoms with Crippen LogP contribution in [0.3, 0.4) is 0 Å². The van der Waals surface area contributed by atoms with Gasteiger partial charge in [-0.1, -0.05) is 23.8 Å². The van der Waals surface area contributed by atoms with Crippen molar-refractivity contribution >= 4 is 17.3 Å². The molecule has 0 bridgehead atoms. The van der Waals surface area contributed by atoms with E-state index in [-0.39, 0.29) is 10.8 Å². The molecule has 0 fully saturated rings. The number of alkyl halides is 2. The van der Waals surface area contributed by atoms with Gasteiger partial charge in [0.05, 0.1) is 5.02 Å². The fourth-order valence-electron chi connectivity index (χ4n) is 2.11. The average Bonchev–Trinajstić information content (AvgIpc) is 2.40. The number of allylic oxidation sites excluding steroid dienone is 2. The molecule has 0 heterocycles. The van der Waals surface area contributed by atoms with Crippen LogP contribution in [0.15, 0.2) is 30.4 Å². The number of halogens is 3. The summed E-state index contributed by atoms with van der Waals surface area (Å²) in [7, 11) is 0. The van der Waals surface area contributed by atoms with Crippen LogP contribution in [0.1, 0.15) is 19.3 Å². The monoisotopic (exact) mass is 287 g/mol. The first-order chi connectivity index (χ1) is 9.15. The second kappa shape index (κ2) is 6.75. The van der Waals surface area contributed by atoms with Gasteiger partial charge in [-0.05, 0) is 43.4 Å². The van der Waals surface area contributed by atoms with Crippen molar-refractivity contribution in [3.05, 3.63) is 35.4 Å². The first-order valence-electron chi connectivity index (χ1n) is 6.28. The first kappa shape index (κ1) is 14.1. The fourth-order valence-corrected chi connectivity index (χ4v) is 2.33. The van der Waals surface area contributed by atoms with E-state index in [1.165, 1.54) is 12.5 Å². The predicted octanol–water partition coefficient (Wildman–Crippen LogP) is 4.71. The summed E-state index contributed by atoms with van der Waals surface area (Å²) in [5.74, 6) is 0.614. The Morgan fingerprint density at radius 2 is 2.21 bits per heavy atom. The Labute approximate surface area is 116 Å². The molecule has 0 spiro atoms. The Kier molecular flexibility index (Phi) is 5.02. The summed E-state index contributed by atoms with van der Waals surface area (Å²) >= 11 is 5.89. The molecule has 0 aromatic heterocycles. The van der Waals surface area contributed by atoms with E-state index >= 15 is 0 Å². The summed E-state index contributed by atoms with van der Waals surface area (Å²) in [5, 5.41) is 3.46. The maximum absolute atomic E-state index is 12.1. The summed E-state index contributed by atoms with van der Waals surface area (Å²) < 4.78 is 28.5. The standard InChI is InChI=1S/C14H16ClF2NO/c15-12-8-11(6-7-13(12)19-14(16)17)18-9-10-4-2-1-3-5-10/h1-2,6-8,10,14,18H,3-5,9H2.